The Hall–Kier alpha value is -2.94. The Labute approximate surface area is 193 Å². The first-order chi connectivity index (χ1) is 16.1. The summed E-state index contributed by atoms with van der Waals surface area (Å²) in [7, 11) is 0. The van der Waals surface area contributed by atoms with E-state index in [2.05, 4.69) is 16.1 Å². The molecule has 0 radical (unpaired) electrons. The van der Waals surface area contributed by atoms with Crippen LogP contribution in [0, 0.1) is 5.82 Å². The summed E-state index contributed by atoms with van der Waals surface area (Å²) in [6, 6.07) is 15.7. The number of halogens is 1. The summed E-state index contributed by atoms with van der Waals surface area (Å²) in [5, 5.41) is 15.3. The average Bonchev–Trinajstić information content (AvgIpc) is 3.26. The van der Waals surface area contributed by atoms with Crippen LogP contribution in [0.4, 0.5) is 4.39 Å². The molecule has 1 unspecified atom stereocenters. The third-order valence-electron chi connectivity index (χ3n) is 5.43. The molecule has 1 aliphatic rings. The van der Waals surface area contributed by atoms with Crippen molar-refractivity contribution in [1.82, 2.24) is 14.7 Å². The van der Waals surface area contributed by atoms with E-state index in [-0.39, 0.29) is 19.0 Å². The van der Waals surface area contributed by atoms with Crippen molar-refractivity contribution in [3.63, 3.8) is 0 Å². The maximum absolute atomic E-state index is 13.1. The van der Waals surface area contributed by atoms with E-state index in [0.29, 0.717) is 38.6 Å². The molecule has 1 atom stereocenters. The first-order valence-corrected chi connectivity index (χ1v) is 11.2. The van der Waals surface area contributed by atoms with Crippen molar-refractivity contribution in [1.29, 1.82) is 0 Å². The fraction of sp³-hybridized carbons (Fsp3) is 0.400. The van der Waals surface area contributed by atoms with Gasteiger partial charge in [-0.3, -0.25) is 9.58 Å². The van der Waals surface area contributed by atoms with Crippen molar-refractivity contribution in [2.75, 3.05) is 39.5 Å². The predicted octanol–water partition coefficient (Wildman–Crippen LogP) is 3.13. The highest BCUT2D eigenvalue weighted by atomic mass is 19.1. The second kappa shape index (κ2) is 11.3. The summed E-state index contributed by atoms with van der Waals surface area (Å²) >= 11 is 0. The second-order valence-electron chi connectivity index (χ2n) is 8.35. The second-order valence-corrected chi connectivity index (χ2v) is 8.35. The molecule has 2 heterocycles. The number of β-amino-alcohol motifs (C(OH)–C–C–N with tert-alkyl or cyclic N) is 1. The number of benzene rings is 2. The van der Waals surface area contributed by atoms with Crippen molar-refractivity contribution in [3.05, 3.63) is 78.4 Å². The molecule has 1 N–H and O–H groups in total. The number of rotatable bonds is 10. The largest absolute Gasteiger partial charge is 0.494 e. The number of nitrogens with zero attached hydrogens (tertiary/aromatic N) is 3. The number of ether oxygens (including phenoxy) is 3. The first kappa shape index (κ1) is 23.2. The average molecular weight is 456 g/mol. The first-order valence-electron chi connectivity index (χ1n) is 11.2. The third kappa shape index (κ3) is 7.28. The standard InChI is InChI=1S/C25H30FN3O4/c26-22-6-8-23(9-7-22)33-20-25(30)18-28(13-15-31-19-25)17-21-4-1-5-24(16-21)32-14-3-12-29-11-2-10-27-29/h1-2,4-11,16,30H,3,12-15,17-20H2. The smallest absolute Gasteiger partial charge is 0.134 e. The van der Waals surface area contributed by atoms with E-state index in [1.807, 2.05) is 35.1 Å². The van der Waals surface area contributed by atoms with E-state index in [9.17, 15) is 9.50 Å². The highest BCUT2D eigenvalue weighted by molar-refractivity contribution is 5.28. The summed E-state index contributed by atoms with van der Waals surface area (Å²) in [4.78, 5) is 2.15. The van der Waals surface area contributed by atoms with Gasteiger partial charge in [-0.25, -0.2) is 4.39 Å². The maximum atomic E-state index is 13.1. The van der Waals surface area contributed by atoms with Gasteiger partial charge < -0.3 is 19.3 Å². The van der Waals surface area contributed by atoms with Crippen LogP contribution in [0.3, 0.4) is 0 Å². The summed E-state index contributed by atoms with van der Waals surface area (Å²) in [6.07, 6.45) is 4.59. The molecule has 0 bridgehead atoms. The van der Waals surface area contributed by atoms with Gasteiger partial charge in [-0.05, 0) is 48.0 Å². The van der Waals surface area contributed by atoms with E-state index in [1.165, 1.54) is 12.1 Å². The van der Waals surface area contributed by atoms with Gasteiger partial charge in [0.15, 0.2) is 0 Å². The van der Waals surface area contributed by atoms with Crippen molar-refractivity contribution in [3.8, 4) is 11.5 Å². The molecular formula is C25H30FN3O4. The van der Waals surface area contributed by atoms with Gasteiger partial charge in [0.2, 0.25) is 0 Å². The van der Waals surface area contributed by atoms with Crippen LogP contribution in [0.15, 0.2) is 67.0 Å². The molecule has 176 valence electrons. The zero-order valence-electron chi connectivity index (χ0n) is 18.6. The lowest BCUT2D eigenvalue weighted by Gasteiger charge is -2.30. The SMILES string of the molecule is OC1(COc2ccc(F)cc2)COCCN(Cc2cccc(OCCCn3cccn3)c2)C1. The minimum atomic E-state index is -1.16. The van der Waals surface area contributed by atoms with Gasteiger partial charge in [-0.1, -0.05) is 12.1 Å². The Morgan fingerprint density at radius 1 is 1.09 bits per heavy atom. The van der Waals surface area contributed by atoms with Gasteiger partial charge in [0, 0.05) is 45.0 Å². The van der Waals surface area contributed by atoms with E-state index in [4.69, 9.17) is 14.2 Å². The Morgan fingerprint density at radius 3 is 2.79 bits per heavy atom. The Morgan fingerprint density at radius 2 is 1.97 bits per heavy atom. The highest BCUT2D eigenvalue weighted by Gasteiger charge is 2.33. The van der Waals surface area contributed by atoms with Gasteiger partial charge in [-0.15, -0.1) is 0 Å². The molecule has 0 aliphatic carbocycles. The molecule has 0 saturated carbocycles. The van der Waals surface area contributed by atoms with E-state index in [0.717, 1.165) is 24.3 Å². The van der Waals surface area contributed by atoms with Crippen LogP contribution in [0.2, 0.25) is 0 Å². The van der Waals surface area contributed by atoms with Crippen molar-refractivity contribution in [2.24, 2.45) is 0 Å². The van der Waals surface area contributed by atoms with E-state index >= 15 is 0 Å². The van der Waals surface area contributed by atoms with Gasteiger partial charge in [0.25, 0.3) is 0 Å². The lowest BCUT2D eigenvalue weighted by atomic mass is 10.1. The van der Waals surface area contributed by atoms with Crippen LogP contribution in [0.5, 0.6) is 11.5 Å². The molecular weight excluding hydrogens is 425 g/mol. The molecule has 1 aliphatic heterocycles. The molecule has 3 aromatic rings. The maximum Gasteiger partial charge on any atom is 0.134 e. The summed E-state index contributed by atoms with van der Waals surface area (Å²) in [5.74, 6) is 1.01. The number of aryl methyl sites for hydroxylation is 1. The lowest BCUT2D eigenvalue weighted by molar-refractivity contribution is -0.0646. The van der Waals surface area contributed by atoms with Crippen molar-refractivity contribution >= 4 is 0 Å². The molecule has 1 aromatic heterocycles. The quantitative estimate of drug-likeness (QED) is 0.474. The number of aromatic nitrogens is 2. The highest BCUT2D eigenvalue weighted by Crippen LogP contribution is 2.20. The summed E-state index contributed by atoms with van der Waals surface area (Å²) in [5.41, 5.74) is -0.0610. The van der Waals surface area contributed by atoms with Crippen LogP contribution in [-0.2, 0) is 17.8 Å². The molecule has 7 nitrogen and oxygen atoms in total. The number of aliphatic hydroxyl groups is 1. The number of hydrogen-bond donors (Lipinski definition) is 1. The van der Waals surface area contributed by atoms with Gasteiger partial charge in [-0.2, -0.15) is 5.10 Å². The van der Waals surface area contributed by atoms with Crippen molar-refractivity contribution in [2.45, 2.75) is 25.1 Å². The van der Waals surface area contributed by atoms with Crippen LogP contribution < -0.4 is 9.47 Å². The van der Waals surface area contributed by atoms with Crippen LogP contribution in [0.1, 0.15) is 12.0 Å². The molecule has 0 spiro atoms. The fourth-order valence-corrected chi connectivity index (χ4v) is 3.81. The van der Waals surface area contributed by atoms with E-state index in [1.54, 1.807) is 18.3 Å². The lowest BCUT2D eigenvalue weighted by Crippen LogP contribution is -2.48. The molecule has 2 aromatic carbocycles. The Kier molecular flexibility index (Phi) is 7.93. The fourth-order valence-electron chi connectivity index (χ4n) is 3.81. The van der Waals surface area contributed by atoms with Crippen LogP contribution in [0.25, 0.3) is 0 Å². The molecule has 1 saturated heterocycles. The zero-order chi connectivity index (χ0) is 22.9. The minimum Gasteiger partial charge on any atom is -0.494 e. The molecule has 8 heteroatoms. The van der Waals surface area contributed by atoms with Gasteiger partial charge >= 0.3 is 0 Å². The Balaban J connectivity index is 1.28. The third-order valence-corrected chi connectivity index (χ3v) is 5.43. The van der Waals surface area contributed by atoms with Crippen molar-refractivity contribution < 1.29 is 23.7 Å². The van der Waals surface area contributed by atoms with E-state index < -0.39 is 5.60 Å². The van der Waals surface area contributed by atoms with Crippen LogP contribution in [-0.4, -0.2) is 64.9 Å². The van der Waals surface area contributed by atoms with Gasteiger partial charge in [0.05, 0.1) is 19.8 Å². The molecule has 1 fully saturated rings. The normalized spacial score (nSPS) is 19.2. The summed E-state index contributed by atoms with van der Waals surface area (Å²) in [6.45, 7) is 3.98. The minimum absolute atomic E-state index is 0.0640. The monoisotopic (exact) mass is 455 g/mol. The Bertz CT molecular complexity index is 984. The predicted molar refractivity (Wildman–Crippen MR) is 122 cm³/mol. The molecule has 0 amide bonds. The molecule has 4 rings (SSSR count). The summed E-state index contributed by atoms with van der Waals surface area (Å²) < 4.78 is 32.3. The molecule has 33 heavy (non-hydrogen) atoms. The zero-order valence-corrected chi connectivity index (χ0v) is 18.6. The number of hydrogen-bond acceptors (Lipinski definition) is 6. The van der Waals surface area contributed by atoms with Crippen LogP contribution >= 0.6 is 0 Å². The van der Waals surface area contributed by atoms with Gasteiger partial charge in [0.1, 0.15) is 29.5 Å². The topological polar surface area (TPSA) is 69.0 Å².